The lowest BCUT2D eigenvalue weighted by atomic mass is 10.1. The molecule has 1 rings (SSSR count). The van der Waals surface area contributed by atoms with Crippen molar-refractivity contribution in [3.63, 3.8) is 0 Å². The molecule has 0 amide bonds. The molecule has 0 bridgehead atoms. The Bertz CT molecular complexity index is 512. The smallest absolute Gasteiger partial charge is 0.387 e. The highest BCUT2D eigenvalue weighted by molar-refractivity contribution is 6.32. The van der Waals surface area contributed by atoms with Crippen LogP contribution in [-0.2, 0) is 9.53 Å². The lowest BCUT2D eigenvalue weighted by molar-refractivity contribution is -0.136. The number of halogens is 4. The molecule has 4 nitrogen and oxygen atoms in total. The number of esters is 1. The van der Waals surface area contributed by atoms with Crippen molar-refractivity contribution in [2.45, 2.75) is 6.61 Å². The summed E-state index contributed by atoms with van der Waals surface area (Å²) in [6.45, 7) is -3.33. The van der Waals surface area contributed by atoms with Crippen LogP contribution in [0, 0.1) is 5.82 Å². The maximum atomic E-state index is 13.6. The van der Waals surface area contributed by atoms with E-state index in [9.17, 15) is 18.0 Å². The van der Waals surface area contributed by atoms with Gasteiger partial charge in [-0.05, 0) is 23.8 Å². The average Bonchev–Trinajstić information content (AvgIpc) is 2.39. The van der Waals surface area contributed by atoms with Crippen molar-refractivity contribution in [2.24, 2.45) is 5.73 Å². The van der Waals surface area contributed by atoms with E-state index in [1.165, 1.54) is 19.3 Å². The molecule has 0 aliphatic heterocycles. The topological polar surface area (TPSA) is 61.5 Å². The zero-order valence-electron chi connectivity index (χ0n) is 10.3. The third-order valence-electron chi connectivity index (χ3n) is 2.24. The highest BCUT2D eigenvalue weighted by atomic mass is 35.5. The number of benzene rings is 1. The van der Waals surface area contributed by atoms with Crippen molar-refractivity contribution in [3.8, 4) is 5.75 Å². The van der Waals surface area contributed by atoms with Crippen LogP contribution >= 0.6 is 11.6 Å². The fraction of sp³-hybridized carbons (Fsp3) is 0.250. The summed E-state index contributed by atoms with van der Waals surface area (Å²) in [5.41, 5.74) is 5.59. The molecule has 0 aromatic heterocycles. The molecule has 0 radical (unpaired) electrons. The van der Waals surface area contributed by atoms with Gasteiger partial charge in [0.2, 0.25) is 0 Å². The Morgan fingerprint density at radius 2 is 2.15 bits per heavy atom. The Balaban J connectivity index is 3.16. The first-order chi connectivity index (χ1) is 9.38. The van der Waals surface area contributed by atoms with Crippen LogP contribution in [0.2, 0.25) is 5.02 Å². The summed E-state index contributed by atoms with van der Waals surface area (Å²) in [6, 6.07) is 2.06. The van der Waals surface area contributed by atoms with Crippen LogP contribution < -0.4 is 10.5 Å². The van der Waals surface area contributed by atoms with Gasteiger partial charge in [-0.25, -0.2) is 9.18 Å². The standard InChI is InChI=1S/C12H11ClF3NO3/c1-19-11(18)7(5-17)2-6-3-8(13)10(9(14)4-6)20-12(15)16/h2-4,12H,5,17H2,1H3/b7-2+. The Labute approximate surface area is 117 Å². The second kappa shape index (κ2) is 7.16. The quantitative estimate of drug-likeness (QED) is 0.671. The molecule has 8 heteroatoms. The van der Waals surface area contributed by atoms with Crippen LogP contribution in [0.4, 0.5) is 13.2 Å². The van der Waals surface area contributed by atoms with Gasteiger partial charge in [-0.2, -0.15) is 8.78 Å². The largest absolute Gasteiger partial charge is 0.466 e. The predicted molar refractivity (Wildman–Crippen MR) is 67.1 cm³/mol. The molecule has 0 spiro atoms. The number of methoxy groups -OCH3 is 1. The first-order valence-corrected chi connectivity index (χ1v) is 5.69. The molecular formula is C12H11ClF3NO3. The van der Waals surface area contributed by atoms with E-state index in [4.69, 9.17) is 17.3 Å². The molecule has 0 aliphatic rings. The highest BCUT2D eigenvalue weighted by Gasteiger charge is 2.16. The lowest BCUT2D eigenvalue weighted by Gasteiger charge is -2.09. The third kappa shape index (κ3) is 4.14. The number of carbonyl (C=O) groups is 1. The summed E-state index contributed by atoms with van der Waals surface area (Å²) >= 11 is 5.64. The first kappa shape index (κ1) is 16.3. The van der Waals surface area contributed by atoms with Crippen molar-refractivity contribution in [1.29, 1.82) is 0 Å². The van der Waals surface area contributed by atoms with E-state index in [1.807, 2.05) is 0 Å². The van der Waals surface area contributed by atoms with Gasteiger partial charge < -0.3 is 15.2 Å². The van der Waals surface area contributed by atoms with Gasteiger partial charge in [-0.3, -0.25) is 0 Å². The molecule has 2 N–H and O–H groups in total. The van der Waals surface area contributed by atoms with Gasteiger partial charge in [-0.15, -0.1) is 0 Å². The summed E-state index contributed by atoms with van der Waals surface area (Å²) in [5.74, 6) is -2.52. The number of ether oxygens (including phenoxy) is 2. The first-order valence-electron chi connectivity index (χ1n) is 5.31. The maximum Gasteiger partial charge on any atom is 0.387 e. The minimum atomic E-state index is -3.20. The van der Waals surface area contributed by atoms with Gasteiger partial charge in [0.05, 0.1) is 17.7 Å². The van der Waals surface area contributed by atoms with E-state index >= 15 is 0 Å². The SMILES string of the molecule is COC(=O)/C(=C/c1cc(F)c(OC(F)F)c(Cl)c1)CN. The average molecular weight is 310 g/mol. The van der Waals surface area contributed by atoms with E-state index < -0.39 is 24.1 Å². The molecule has 20 heavy (non-hydrogen) atoms. The third-order valence-corrected chi connectivity index (χ3v) is 2.52. The van der Waals surface area contributed by atoms with E-state index in [1.54, 1.807) is 0 Å². The molecule has 0 aliphatic carbocycles. The van der Waals surface area contributed by atoms with Crippen molar-refractivity contribution >= 4 is 23.6 Å². The van der Waals surface area contributed by atoms with E-state index in [2.05, 4.69) is 9.47 Å². The fourth-order valence-corrected chi connectivity index (χ4v) is 1.66. The fourth-order valence-electron chi connectivity index (χ4n) is 1.40. The van der Waals surface area contributed by atoms with Crippen molar-refractivity contribution in [2.75, 3.05) is 13.7 Å². The number of alkyl halides is 2. The van der Waals surface area contributed by atoms with Crippen LogP contribution in [-0.4, -0.2) is 26.2 Å². The molecule has 0 saturated carbocycles. The van der Waals surface area contributed by atoms with Gasteiger partial charge >= 0.3 is 12.6 Å². The van der Waals surface area contributed by atoms with E-state index in [0.29, 0.717) is 0 Å². The monoisotopic (exact) mass is 309 g/mol. The number of nitrogens with two attached hydrogens (primary N) is 1. The molecule has 0 unspecified atom stereocenters. The number of rotatable bonds is 5. The van der Waals surface area contributed by atoms with Crippen LogP contribution in [0.5, 0.6) is 5.75 Å². The summed E-state index contributed by atoms with van der Waals surface area (Å²) in [5, 5.41) is -0.349. The molecule has 0 fully saturated rings. The molecule has 0 saturated heterocycles. The molecule has 0 atom stereocenters. The van der Waals surface area contributed by atoms with Gasteiger partial charge in [0.15, 0.2) is 11.6 Å². The van der Waals surface area contributed by atoms with E-state index in [0.717, 1.165) is 6.07 Å². The summed E-state index contributed by atoms with van der Waals surface area (Å²) in [4.78, 5) is 11.3. The Hall–Kier alpha value is -1.73. The number of hydrogen-bond donors (Lipinski definition) is 1. The summed E-state index contributed by atoms with van der Waals surface area (Å²) in [6.07, 6.45) is 1.24. The zero-order valence-corrected chi connectivity index (χ0v) is 11.1. The Morgan fingerprint density at radius 3 is 2.60 bits per heavy atom. The molecule has 0 heterocycles. The number of hydrogen-bond acceptors (Lipinski definition) is 4. The molecule has 1 aromatic rings. The van der Waals surface area contributed by atoms with Crippen LogP contribution in [0.25, 0.3) is 6.08 Å². The maximum absolute atomic E-state index is 13.6. The minimum absolute atomic E-state index is 0.0745. The molecule has 110 valence electrons. The normalized spacial score (nSPS) is 11.7. The van der Waals surface area contributed by atoms with Crippen molar-refractivity contribution in [1.82, 2.24) is 0 Å². The van der Waals surface area contributed by atoms with Gasteiger partial charge in [-0.1, -0.05) is 11.6 Å². The minimum Gasteiger partial charge on any atom is -0.466 e. The van der Waals surface area contributed by atoms with Crippen LogP contribution in [0.3, 0.4) is 0 Å². The highest BCUT2D eigenvalue weighted by Crippen LogP contribution is 2.31. The summed E-state index contributed by atoms with van der Waals surface area (Å²) in [7, 11) is 1.17. The van der Waals surface area contributed by atoms with Gasteiger partial charge in [0.25, 0.3) is 0 Å². The van der Waals surface area contributed by atoms with Gasteiger partial charge in [0, 0.05) is 6.54 Å². The molecular weight excluding hydrogens is 299 g/mol. The second-order valence-electron chi connectivity index (χ2n) is 3.56. The van der Waals surface area contributed by atoms with Crippen LogP contribution in [0.1, 0.15) is 5.56 Å². The molecule has 1 aromatic carbocycles. The number of carbonyl (C=O) groups excluding carboxylic acids is 1. The van der Waals surface area contributed by atoms with Crippen LogP contribution in [0.15, 0.2) is 17.7 Å². The Kier molecular flexibility index (Phi) is 5.84. The second-order valence-corrected chi connectivity index (χ2v) is 3.96. The lowest BCUT2D eigenvalue weighted by Crippen LogP contribution is -2.14. The Morgan fingerprint density at radius 1 is 1.50 bits per heavy atom. The predicted octanol–water partition coefficient (Wildman–Crippen LogP) is 2.60. The van der Waals surface area contributed by atoms with Crippen molar-refractivity contribution in [3.05, 3.63) is 34.1 Å². The van der Waals surface area contributed by atoms with Crippen molar-refractivity contribution < 1.29 is 27.4 Å². The zero-order chi connectivity index (χ0) is 15.3. The summed E-state index contributed by atoms with van der Waals surface area (Å²) < 4.78 is 46.1. The van der Waals surface area contributed by atoms with Gasteiger partial charge in [0.1, 0.15) is 0 Å². The van der Waals surface area contributed by atoms with E-state index in [-0.39, 0.29) is 22.7 Å².